The van der Waals surface area contributed by atoms with Gasteiger partial charge in [0.05, 0.1) is 0 Å². The Kier molecular flexibility index (Phi) is 43.2. The summed E-state index contributed by atoms with van der Waals surface area (Å²) in [5.74, 6) is -2.16. The molecule has 0 aliphatic heterocycles. The molecule has 0 unspecified atom stereocenters. The van der Waals surface area contributed by atoms with E-state index in [1.54, 1.807) is 0 Å². The molecule has 0 aromatic carbocycles. The van der Waals surface area contributed by atoms with Crippen LogP contribution in [0, 0.1) is 0 Å². The zero-order chi connectivity index (χ0) is 14.0. The van der Waals surface area contributed by atoms with Crippen molar-refractivity contribution in [2.75, 3.05) is 0 Å². The molecule has 16 heavy (non-hydrogen) atoms. The van der Waals surface area contributed by atoms with E-state index in [0.717, 1.165) is 0 Å². The normalized spacial score (nSPS) is 6.12. The van der Waals surface area contributed by atoms with Crippen LogP contribution in [0.25, 0.3) is 0 Å². The van der Waals surface area contributed by atoms with Crippen molar-refractivity contribution in [2.24, 2.45) is 0 Å². The van der Waals surface area contributed by atoms with Gasteiger partial charge in [-0.05, 0) is 0 Å². The van der Waals surface area contributed by atoms with E-state index in [0.29, 0.717) is 0 Å². The summed E-state index contributed by atoms with van der Waals surface area (Å²) in [6.45, 7) is 16.9. The van der Waals surface area contributed by atoms with Crippen LogP contribution in [0.2, 0.25) is 0 Å². The minimum absolute atomic E-state index is 0.0556. The fourth-order valence-electron chi connectivity index (χ4n) is 0.236. The topological polar surface area (TPSA) is 97.3 Å². The van der Waals surface area contributed by atoms with Crippen molar-refractivity contribution in [3.8, 4) is 0 Å². The third-order valence-corrected chi connectivity index (χ3v) is 0.622. The van der Waals surface area contributed by atoms with Crippen LogP contribution in [0.15, 0.2) is 38.5 Å². The molecule has 0 aliphatic carbocycles. The number of carbonyl (C=O) groups is 2. The van der Waals surface area contributed by atoms with Gasteiger partial charge in [0.25, 0.3) is 0 Å². The number of carboxylic acid groups (broad SMARTS) is 2. The number of hydrogen-bond acceptors (Lipinski definition) is 5. The third-order valence-electron chi connectivity index (χ3n) is 0.622. The van der Waals surface area contributed by atoms with Gasteiger partial charge in [0.2, 0.25) is 0 Å². The number of carboxylic acids is 2. The van der Waals surface area contributed by atoms with Crippen molar-refractivity contribution in [2.45, 2.75) is 12.8 Å². The molecule has 0 N–H and O–H groups in total. The molecule has 0 saturated heterocycles. The van der Waals surface area contributed by atoms with Crippen LogP contribution < -0.4 is 10.2 Å². The third kappa shape index (κ3) is 91.6. The van der Waals surface area contributed by atoms with Gasteiger partial charge >= 0.3 is 11.6 Å². The molecular weight excluding hydrogens is 212 g/mol. The second-order valence-electron chi connectivity index (χ2n) is 1.73. The predicted octanol–water partition coefficient (Wildman–Crippen LogP) is -0.970. The van der Waals surface area contributed by atoms with E-state index >= 15 is 0 Å². The van der Waals surface area contributed by atoms with E-state index in [2.05, 4.69) is 33.1 Å². The second-order valence-corrected chi connectivity index (χ2v) is 1.73. The van der Waals surface area contributed by atoms with Gasteiger partial charge in [-0.1, -0.05) is 12.2 Å². The Bertz CT molecular complexity index is 177. The quantitative estimate of drug-likeness (QED) is 0.574. The molecule has 0 saturated carbocycles. The van der Waals surface area contributed by atoms with Gasteiger partial charge in [0.15, 0.2) is 0 Å². The van der Waals surface area contributed by atoms with Crippen LogP contribution >= 0.6 is 0 Å². The Labute approximate surface area is 95.4 Å². The zero-order valence-electron chi connectivity index (χ0n) is 8.94. The first-order valence-corrected chi connectivity index (χ1v) is 3.86. The Morgan fingerprint density at radius 2 is 1.12 bits per heavy atom. The second kappa shape index (κ2) is 29.3. The van der Waals surface area contributed by atoms with Crippen LogP contribution in [0.4, 0.5) is 0 Å². The summed E-state index contributed by atoms with van der Waals surface area (Å²) >= 11 is 0. The summed E-state index contributed by atoms with van der Waals surface area (Å²) in [5, 5.41) is 18.8. The van der Waals surface area contributed by atoms with Gasteiger partial charge in [-0.2, -0.15) is 0 Å². The fourth-order valence-corrected chi connectivity index (χ4v) is 0.236. The molecule has 0 atom stereocenters. The van der Waals surface area contributed by atoms with Crippen molar-refractivity contribution in [1.29, 1.82) is 0 Å². The predicted molar refractivity (Wildman–Crippen MR) is 56.6 cm³/mol. The minimum atomic E-state index is -1.08. The first kappa shape index (κ1) is 23.6. The summed E-state index contributed by atoms with van der Waals surface area (Å²) in [5.41, 5.74) is 0. The van der Waals surface area contributed by atoms with Crippen LogP contribution in [0.1, 0.15) is 12.8 Å². The van der Waals surface area contributed by atoms with E-state index in [9.17, 15) is 19.8 Å². The molecule has 0 radical (unpaired) electrons. The van der Waals surface area contributed by atoms with Crippen molar-refractivity contribution < 1.29 is 24.6 Å². The summed E-state index contributed by atoms with van der Waals surface area (Å²) in [7, 11) is 0. The zero-order valence-corrected chi connectivity index (χ0v) is 8.94. The van der Waals surface area contributed by atoms with Crippen LogP contribution in [0.3, 0.4) is 0 Å². The molecule has 0 aromatic heterocycles. The number of hydrogen-bond donors (Lipinski definition) is 0. The Balaban J connectivity index is -0.0000000686. The number of carbonyl (C=O) groups excluding carboxylic acids is 3. The molecule has 0 heterocycles. The molecule has 0 amide bonds. The van der Waals surface area contributed by atoms with Gasteiger partial charge in [-0.15, -0.1) is 26.3 Å². The molecule has 5 heteroatoms. The molecule has 88 valence electrons. The van der Waals surface area contributed by atoms with Crippen LogP contribution in [-0.2, 0) is 14.4 Å². The van der Waals surface area contributed by atoms with Gasteiger partial charge in [0, 0.05) is 24.8 Å². The molecule has 5 nitrogen and oxygen atoms in total. The standard InChI is InChI=1S/2C4H6O2.C2H4.CO/c2*1-2-3-4(5)6;2*1-2/h2*2H,1,3H2,(H,5,6);1-2H2;/q;;;+2/p-2. The summed E-state index contributed by atoms with van der Waals surface area (Å²) in [4.78, 5) is 26.3. The number of aliphatic carboxylic acids is 2. The van der Waals surface area contributed by atoms with Gasteiger partial charge < -0.3 is 19.8 Å². The molecule has 0 rings (SSSR count). The summed E-state index contributed by atoms with van der Waals surface area (Å²) in [6, 6.07) is 0. The molecular formula is C11H14O5. The van der Waals surface area contributed by atoms with E-state index < -0.39 is 11.9 Å². The first-order valence-electron chi connectivity index (χ1n) is 3.86. The monoisotopic (exact) mass is 226 g/mol. The molecule has 0 aromatic rings. The van der Waals surface area contributed by atoms with Crippen LogP contribution in [0.5, 0.6) is 0 Å². The van der Waals surface area contributed by atoms with Gasteiger partial charge in [0.1, 0.15) is 0 Å². The van der Waals surface area contributed by atoms with Crippen molar-refractivity contribution in [3.05, 3.63) is 38.5 Å². The van der Waals surface area contributed by atoms with E-state index in [1.807, 2.05) is 0 Å². The Morgan fingerprint density at radius 3 is 1.12 bits per heavy atom. The maximum atomic E-state index is 9.42. The summed E-state index contributed by atoms with van der Waals surface area (Å²) < 4.78 is 0. The average molecular weight is 226 g/mol. The van der Waals surface area contributed by atoms with Gasteiger partial charge in [-0.25, -0.2) is 0 Å². The molecule has 0 aliphatic rings. The fraction of sp³-hybridized carbons (Fsp3) is 0.182. The molecule has 0 fully saturated rings. The average Bonchev–Trinajstić information content (AvgIpc) is 2.24. The Hall–Kier alpha value is -2.04. The van der Waals surface area contributed by atoms with E-state index in [-0.39, 0.29) is 12.8 Å². The van der Waals surface area contributed by atoms with Crippen LogP contribution in [-0.4, -0.2) is 18.7 Å². The first-order chi connectivity index (χ1) is 7.54. The molecule has 0 bridgehead atoms. The van der Waals surface area contributed by atoms with E-state index in [4.69, 9.17) is 4.79 Å². The Morgan fingerprint density at radius 1 is 0.938 bits per heavy atom. The van der Waals surface area contributed by atoms with Gasteiger partial charge in [-0.3, -0.25) is 0 Å². The SMILES string of the molecule is C=C.C=CCC(=O)[O-].C=CCC(=O)[O-].[C+2]=O. The summed E-state index contributed by atoms with van der Waals surface area (Å²) in [6.07, 6.45) is 2.46. The van der Waals surface area contributed by atoms with E-state index in [1.165, 1.54) is 12.2 Å². The maximum absolute atomic E-state index is 9.42. The number of rotatable bonds is 4. The van der Waals surface area contributed by atoms with Crippen molar-refractivity contribution in [1.82, 2.24) is 0 Å². The van der Waals surface area contributed by atoms with Crippen molar-refractivity contribution in [3.63, 3.8) is 0 Å². The van der Waals surface area contributed by atoms with Crippen molar-refractivity contribution >= 4 is 18.7 Å². The molecule has 0 spiro atoms.